The number of hydrogen-bond acceptors (Lipinski definition) is 4. The summed E-state index contributed by atoms with van der Waals surface area (Å²) in [7, 11) is 0. The minimum Gasteiger partial charge on any atom is -0.825 e. The van der Waals surface area contributed by atoms with Gasteiger partial charge in [0.15, 0.2) is 0 Å². The van der Waals surface area contributed by atoms with Crippen molar-refractivity contribution in [1.29, 1.82) is 0 Å². The molecule has 0 amide bonds. The first-order valence-corrected chi connectivity index (χ1v) is 10.8. The molecule has 0 rings (SSSR count). The predicted octanol–water partition coefficient (Wildman–Crippen LogP) is 3.58. The third-order valence-electron chi connectivity index (χ3n) is 2.79. The monoisotopic (exact) mass is 360 g/mol. The van der Waals surface area contributed by atoms with Crippen molar-refractivity contribution in [3.8, 4) is 0 Å². The Morgan fingerprint density at radius 1 is 0.944 bits per heavy atom. The maximum absolute atomic E-state index is 11.1. The van der Waals surface area contributed by atoms with E-state index in [-0.39, 0.29) is 24.7 Å². The SMILES string of the molecule is CCCCCCCC(CCCC)SP([O-])([O-])=S.[Zn+2]. The maximum atomic E-state index is 11.1. The average molecular weight is 362 g/mol. The van der Waals surface area contributed by atoms with Crippen molar-refractivity contribution >= 4 is 28.9 Å². The van der Waals surface area contributed by atoms with E-state index in [9.17, 15) is 9.79 Å². The first kappa shape index (κ1) is 21.8. The molecule has 0 fully saturated rings. The Morgan fingerprint density at radius 2 is 1.44 bits per heavy atom. The number of unbranched alkanes of at least 4 members (excludes halogenated alkanes) is 5. The Labute approximate surface area is 134 Å². The zero-order valence-corrected chi connectivity index (χ0v) is 17.2. The van der Waals surface area contributed by atoms with Gasteiger partial charge >= 0.3 is 19.5 Å². The Morgan fingerprint density at radius 3 is 1.94 bits per heavy atom. The van der Waals surface area contributed by atoms with Crippen LogP contribution in [0.1, 0.15) is 71.6 Å². The van der Waals surface area contributed by atoms with Gasteiger partial charge in [0.05, 0.1) is 0 Å². The molecule has 0 aliphatic carbocycles. The molecule has 0 aliphatic rings. The Bertz CT molecular complexity index is 224. The zero-order chi connectivity index (χ0) is 13.1. The van der Waals surface area contributed by atoms with E-state index in [2.05, 4.69) is 25.7 Å². The smallest absolute Gasteiger partial charge is 0.825 e. The maximum Gasteiger partial charge on any atom is 2.00 e. The van der Waals surface area contributed by atoms with Crippen LogP contribution < -0.4 is 9.79 Å². The molecule has 6 heteroatoms. The summed E-state index contributed by atoms with van der Waals surface area (Å²) in [6.45, 7) is 4.33. The largest absolute Gasteiger partial charge is 2.00 e. The zero-order valence-electron chi connectivity index (χ0n) is 11.7. The second-order valence-electron chi connectivity index (χ2n) is 4.52. The number of hydrogen-bond donors (Lipinski definition) is 0. The molecule has 0 aromatic carbocycles. The molecule has 0 radical (unpaired) electrons. The van der Waals surface area contributed by atoms with Crippen molar-refractivity contribution in [3.05, 3.63) is 0 Å². The van der Waals surface area contributed by atoms with Gasteiger partial charge in [0.25, 0.3) is 0 Å². The normalized spacial score (nSPS) is 13.1. The van der Waals surface area contributed by atoms with E-state index < -0.39 is 5.69 Å². The molecule has 0 saturated carbocycles. The van der Waals surface area contributed by atoms with Crippen LogP contribution in [0.2, 0.25) is 0 Å². The first-order chi connectivity index (χ1) is 7.99. The molecule has 0 aliphatic heterocycles. The van der Waals surface area contributed by atoms with E-state index in [1.165, 1.54) is 25.7 Å². The van der Waals surface area contributed by atoms with Gasteiger partial charge in [0.1, 0.15) is 0 Å². The van der Waals surface area contributed by atoms with Gasteiger partial charge in [-0.2, -0.15) is 17.1 Å². The molecule has 0 heterocycles. The van der Waals surface area contributed by atoms with Crippen LogP contribution >= 0.6 is 17.1 Å². The van der Waals surface area contributed by atoms with Crippen molar-refractivity contribution in [2.75, 3.05) is 0 Å². The van der Waals surface area contributed by atoms with Crippen LogP contribution in [-0.2, 0) is 31.3 Å². The minimum absolute atomic E-state index is 0. The first-order valence-electron chi connectivity index (χ1n) is 6.70. The van der Waals surface area contributed by atoms with Gasteiger partial charge in [-0.1, -0.05) is 58.8 Å². The summed E-state index contributed by atoms with van der Waals surface area (Å²) in [4.78, 5) is 22.3. The quantitative estimate of drug-likeness (QED) is 0.320. The topological polar surface area (TPSA) is 46.1 Å². The van der Waals surface area contributed by atoms with Crippen molar-refractivity contribution in [3.63, 3.8) is 0 Å². The number of rotatable bonds is 11. The van der Waals surface area contributed by atoms with Crippen molar-refractivity contribution in [2.45, 2.75) is 76.9 Å². The van der Waals surface area contributed by atoms with Crippen molar-refractivity contribution in [1.82, 2.24) is 0 Å². The molecular weight excluding hydrogens is 337 g/mol. The van der Waals surface area contributed by atoms with Crippen molar-refractivity contribution < 1.29 is 29.3 Å². The van der Waals surface area contributed by atoms with Crippen LogP contribution in [0.4, 0.5) is 0 Å². The summed E-state index contributed by atoms with van der Waals surface area (Å²) in [5.74, 6) is 0. The summed E-state index contributed by atoms with van der Waals surface area (Å²) < 4.78 is 0. The van der Waals surface area contributed by atoms with Crippen LogP contribution in [-0.4, -0.2) is 5.25 Å². The van der Waals surface area contributed by atoms with E-state index >= 15 is 0 Å². The minimum atomic E-state index is -3.57. The molecular formula is C12H25O2PS2Zn. The molecule has 18 heavy (non-hydrogen) atoms. The van der Waals surface area contributed by atoms with Gasteiger partial charge < -0.3 is 9.79 Å². The fourth-order valence-corrected chi connectivity index (χ4v) is 5.57. The predicted molar refractivity (Wildman–Crippen MR) is 78.6 cm³/mol. The summed E-state index contributed by atoms with van der Waals surface area (Å²) in [5, 5.41) is 0.220. The van der Waals surface area contributed by atoms with Crippen LogP contribution in [0.5, 0.6) is 0 Å². The standard InChI is InChI=1S/C12H27O2PS2.Zn/c1-3-5-7-8-9-11-12(10-6-4-2)17-15(13,14)16;/h12H,3-11H2,1-2H3,(H2,13,14,16);/q;+2/p-2. The third kappa shape index (κ3) is 15.6. The van der Waals surface area contributed by atoms with Crippen LogP contribution in [0.15, 0.2) is 0 Å². The van der Waals surface area contributed by atoms with Gasteiger partial charge in [-0.3, -0.25) is 0 Å². The van der Waals surface area contributed by atoms with Crippen LogP contribution in [0.3, 0.4) is 0 Å². The van der Waals surface area contributed by atoms with E-state index in [4.69, 9.17) is 0 Å². The van der Waals surface area contributed by atoms with E-state index in [1.54, 1.807) is 0 Å². The van der Waals surface area contributed by atoms with Gasteiger partial charge in [-0.25, -0.2) is 0 Å². The molecule has 0 bridgehead atoms. The Hall–Kier alpha value is 1.54. The summed E-state index contributed by atoms with van der Waals surface area (Å²) in [6.07, 6.45) is 10.4. The second-order valence-corrected chi connectivity index (χ2v) is 10.5. The average Bonchev–Trinajstić information content (AvgIpc) is 2.23. The molecule has 0 saturated heterocycles. The fourth-order valence-electron chi connectivity index (χ4n) is 1.84. The summed E-state index contributed by atoms with van der Waals surface area (Å²) >= 11 is 5.52. The van der Waals surface area contributed by atoms with Gasteiger partial charge in [0.2, 0.25) is 0 Å². The molecule has 0 aromatic rings. The molecule has 0 aromatic heterocycles. The van der Waals surface area contributed by atoms with Crippen LogP contribution in [0.25, 0.3) is 0 Å². The third-order valence-corrected chi connectivity index (χ3v) is 6.26. The van der Waals surface area contributed by atoms with E-state index in [0.717, 1.165) is 43.5 Å². The molecule has 1 atom stereocenters. The van der Waals surface area contributed by atoms with Gasteiger partial charge in [0, 0.05) is 5.25 Å². The van der Waals surface area contributed by atoms with Crippen molar-refractivity contribution in [2.24, 2.45) is 0 Å². The molecule has 104 valence electrons. The molecule has 1 unspecified atom stereocenters. The van der Waals surface area contributed by atoms with E-state index in [1.807, 2.05) is 0 Å². The van der Waals surface area contributed by atoms with Crippen LogP contribution in [0, 0.1) is 0 Å². The Kier molecular flexibility index (Phi) is 16.4. The fraction of sp³-hybridized carbons (Fsp3) is 1.00. The molecule has 0 spiro atoms. The van der Waals surface area contributed by atoms with E-state index in [0.29, 0.717) is 0 Å². The Balaban J connectivity index is 0. The van der Waals surface area contributed by atoms with Gasteiger partial charge in [-0.15, -0.1) is 11.8 Å². The summed E-state index contributed by atoms with van der Waals surface area (Å²) in [6, 6.07) is 0. The molecule has 0 N–H and O–H groups in total. The summed E-state index contributed by atoms with van der Waals surface area (Å²) in [5.41, 5.74) is -3.57. The molecule has 2 nitrogen and oxygen atoms in total. The second kappa shape index (κ2) is 13.5. The van der Waals surface area contributed by atoms with Gasteiger partial charge in [-0.05, 0) is 12.8 Å².